The van der Waals surface area contributed by atoms with Crippen molar-refractivity contribution in [1.29, 1.82) is 0 Å². The van der Waals surface area contributed by atoms with E-state index in [1.807, 2.05) is 27.7 Å². The minimum Gasteiger partial charge on any atom is -0.508 e. The molecule has 15 heteroatoms. The third-order valence-corrected chi connectivity index (χ3v) is 7.22. The number of hydrogen-bond acceptors (Lipinski definition) is 8. The van der Waals surface area contributed by atoms with Gasteiger partial charge in [0.05, 0.1) is 6.04 Å². The fraction of sp³-hybridized carbons (Fsp3) is 0.625. The molecule has 0 fully saturated rings. The van der Waals surface area contributed by atoms with Crippen LogP contribution in [0.4, 0.5) is 0 Å². The summed E-state index contributed by atoms with van der Waals surface area (Å²) in [7, 11) is 0. The van der Waals surface area contributed by atoms with Crippen molar-refractivity contribution in [2.24, 2.45) is 39.9 Å². The fourth-order valence-electron chi connectivity index (χ4n) is 4.75. The largest absolute Gasteiger partial charge is 0.508 e. The van der Waals surface area contributed by atoms with E-state index in [9.17, 15) is 34.2 Å². The molecule has 5 atom stereocenters. The molecule has 264 valence electrons. The molecular weight excluding hydrogens is 608 g/mol. The number of benzene rings is 1. The summed E-state index contributed by atoms with van der Waals surface area (Å²) in [5, 5.41) is 29.8. The van der Waals surface area contributed by atoms with Crippen molar-refractivity contribution in [3.8, 4) is 5.75 Å². The molecule has 5 unspecified atom stereocenters. The van der Waals surface area contributed by atoms with Gasteiger partial charge in [-0.3, -0.25) is 24.2 Å². The second kappa shape index (κ2) is 20.0. The number of carbonyl (C=O) groups excluding carboxylic acids is 4. The Morgan fingerprint density at radius 3 is 1.70 bits per heavy atom. The van der Waals surface area contributed by atoms with E-state index in [-0.39, 0.29) is 55.8 Å². The quantitative estimate of drug-likeness (QED) is 0.0516. The van der Waals surface area contributed by atoms with Crippen LogP contribution in [0.2, 0.25) is 0 Å². The van der Waals surface area contributed by atoms with Gasteiger partial charge in [-0.1, -0.05) is 53.7 Å². The van der Waals surface area contributed by atoms with Gasteiger partial charge in [0.1, 0.15) is 29.9 Å². The van der Waals surface area contributed by atoms with E-state index in [0.717, 1.165) is 5.56 Å². The van der Waals surface area contributed by atoms with Crippen molar-refractivity contribution >= 4 is 35.6 Å². The first-order valence-electron chi connectivity index (χ1n) is 15.9. The summed E-state index contributed by atoms with van der Waals surface area (Å²) in [4.78, 5) is 68.9. The fourth-order valence-corrected chi connectivity index (χ4v) is 4.75. The minimum atomic E-state index is -1.25. The van der Waals surface area contributed by atoms with Crippen molar-refractivity contribution in [3.05, 3.63) is 29.8 Å². The molecular formula is C32H54N8O7. The molecule has 0 heterocycles. The van der Waals surface area contributed by atoms with Gasteiger partial charge < -0.3 is 48.7 Å². The summed E-state index contributed by atoms with van der Waals surface area (Å²) in [6.07, 6.45) is 1.04. The molecule has 4 amide bonds. The normalized spacial score (nSPS) is 14.4. The molecule has 0 aliphatic rings. The molecule has 0 aromatic heterocycles. The predicted molar refractivity (Wildman–Crippen MR) is 179 cm³/mol. The van der Waals surface area contributed by atoms with Crippen molar-refractivity contribution in [2.45, 2.75) is 104 Å². The molecule has 0 bridgehead atoms. The molecule has 47 heavy (non-hydrogen) atoms. The smallest absolute Gasteiger partial charge is 0.326 e. The molecule has 0 aliphatic carbocycles. The second-order valence-corrected chi connectivity index (χ2v) is 12.9. The van der Waals surface area contributed by atoms with Crippen LogP contribution in [0, 0.1) is 17.8 Å². The van der Waals surface area contributed by atoms with Crippen LogP contribution in [-0.2, 0) is 30.4 Å². The Balaban J connectivity index is 3.05. The molecule has 0 radical (unpaired) electrons. The molecule has 0 aliphatic heterocycles. The number of carbonyl (C=O) groups is 5. The van der Waals surface area contributed by atoms with Gasteiger partial charge in [0, 0.05) is 6.54 Å². The second-order valence-electron chi connectivity index (χ2n) is 12.9. The number of guanidine groups is 1. The van der Waals surface area contributed by atoms with Crippen LogP contribution in [0.5, 0.6) is 5.75 Å². The number of phenolic OH excluding ortho intramolecular Hbond substituents is 1. The van der Waals surface area contributed by atoms with Gasteiger partial charge in [-0.2, -0.15) is 0 Å². The van der Waals surface area contributed by atoms with E-state index in [1.54, 1.807) is 26.0 Å². The van der Waals surface area contributed by atoms with Crippen LogP contribution < -0.4 is 38.5 Å². The molecule has 1 rings (SSSR count). The van der Waals surface area contributed by atoms with Crippen LogP contribution in [0.1, 0.15) is 72.8 Å². The van der Waals surface area contributed by atoms with E-state index in [2.05, 4.69) is 26.3 Å². The number of aliphatic imine (C=N–C) groups is 1. The summed E-state index contributed by atoms with van der Waals surface area (Å²) >= 11 is 0. The van der Waals surface area contributed by atoms with Crippen LogP contribution in [0.3, 0.4) is 0 Å². The first-order chi connectivity index (χ1) is 21.9. The van der Waals surface area contributed by atoms with E-state index >= 15 is 0 Å². The summed E-state index contributed by atoms with van der Waals surface area (Å²) in [5.74, 6) is -4.18. The lowest BCUT2D eigenvalue weighted by molar-refractivity contribution is -0.142. The van der Waals surface area contributed by atoms with E-state index < -0.39 is 65.7 Å². The highest BCUT2D eigenvalue weighted by Gasteiger charge is 2.33. The Labute approximate surface area is 276 Å². The minimum absolute atomic E-state index is 0.00686. The monoisotopic (exact) mass is 662 g/mol. The maximum Gasteiger partial charge on any atom is 0.326 e. The lowest BCUT2D eigenvalue weighted by atomic mass is 9.98. The number of carboxylic acid groups (broad SMARTS) is 1. The van der Waals surface area contributed by atoms with Gasteiger partial charge in [0.25, 0.3) is 0 Å². The van der Waals surface area contributed by atoms with Crippen molar-refractivity contribution in [3.63, 3.8) is 0 Å². The maximum atomic E-state index is 13.5. The standard InChI is InChI=1S/C32H54N8O7/c1-17(2)14-24(38-27(42)22(33)16-20-9-11-21(41)12-10-20)28(43)39-25(15-18(3)4)29(44)40-26(19(5)6)30(45)37-23(31(46)47)8-7-13-36-32(34)35/h9-12,17-19,22-26,41H,7-8,13-16,33H2,1-6H3,(H,37,45)(H,38,42)(H,39,43)(H,40,44)(H,46,47)(H4,34,35,36). The summed E-state index contributed by atoms with van der Waals surface area (Å²) < 4.78 is 0. The number of carboxylic acids is 1. The molecule has 15 nitrogen and oxygen atoms in total. The number of phenols is 1. The average molecular weight is 663 g/mol. The van der Waals surface area contributed by atoms with E-state index in [4.69, 9.17) is 17.2 Å². The Bertz CT molecular complexity index is 1220. The van der Waals surface area contributed by atoms with Gasteiger partial charge in [-0.15, -0.1) is 0 Å². The topological polar surface area (TPSA) is 264 Å². The van der Waals surface area contributed by atoms with Crippen LogP contribution in [0.15, 0.2) is 29.3 Å². The zero-order valence-corrected chi connectivity index (χ0v) is 28.3. The van der Waals surface area contributed by atoms with E-state index in [0.29, 0.717) is 6.42 Å². The predicted octanol–water partition coefficient (Wildman–Crippen LogP) is 0.0876. The van der Waals surface area contributed by atoms with Crippen molar-refractivity contribution in [2.75, 3.05) is 6.54 Å². The third kappa shape index (κ3) is 15.6. The van der Waals surface area contributed by atoms with Crippen LogP contribution in [0.25, 0.3) is 0 Å². The number of nitrogens with one attached hydrogen (secondary N) is 4. The van der Waals surface area contributed by atoms with E-state index in [1.165, 1.54) is 12.1 Å². The number of nitrogens with two attached hydrogens (primary N) is 3. The third-order valence-electron chi connectivity index (χ3n) is 7.22. The lowest BCUT2D eigenvalue weighted by Crippen LogP contribution is -2.59. The van der Waals surface area contributed by atoms with Crippen LogP contribution in [-0.4, -0.2) is 82.5 Å². The summed E-state index contributed by atoms with van der Waals surface area (Å²) in [6.45, 7) is 11.1. The number of hydrogen-bond donors (Lipinski definition) is 9. The zero-order valence-electron chi connectivity index (χ0n) is 28.3. The van der Waals surface area contributed by atoms with Crippen molar-refractivity contribution < 1.29 is 34.2 Å². The summed E-state index contributed by atoms with van der Waals surface area (Å²) in [6, 6.07) is 0.935. The number of aromatic hydroxyl groups is 1. The first-order valence-corrected chi connectivity index (χ1v) is 15.9. The zero-order chi connectivity index (χ0) is 35.8. The Morgan fingerprint density at radius 2 is 1.23 bits per heavy atom. The van der Waals surface area contributed by atoms with Gasteiger partial charge in [0.15, 0.2) is 5.96 Å². The van der Waals surface area contributed by atoms with Crippen LogP contribution >= 0.6 is 0 Å². The summed E-state index contributed by atoms with van der Waals surface area (Å²) in [5.41, 5.74) is 17.5. The highest BCUT2D eigenvalue weighted by Crippen LogP contribution is 2.13. The molecule has 0 saturated heterocycles. The SMILES string of the molecule is CC(C)CC(NC(=O)C(N)Cc1ccc(O)cc1)C(=O)NC(CC(C)C)C(=O)NC(C(=O)NC(CCCN=C(N)N)C(=O)O)C(C)C. The molecule has 12 N–H and O–H groups in total. The molecule has 1 aromatic rings. The maximum absolute atomic E-state index is 13.5. The molecule has 0 spiro atoms. The van der Waals surface area contributed by atoms with Crippen molar-refractivity contribution in [1.82, 2.24) is 21.3 Å². The highest BCUT2D eigenvalue weighted by atomic mass is 16.4. The Hall–Kier alpha value is -4.40. The number of aliphatic carboxylic acids is 1. The average Bonchev–Trinajstić information content (AvgIpc) is 2.96. The van der Waals surface area contributed by atoms with Gasteiger partial charge >= 0.3 is 5.97 Å². The number of rotatable bonds is 20. The lowest BCUT2D eigenvalue weighted by Gasteiger charge is -2.29. The van der Waals surface area contributed by atoms with Gasteiger partial charge in [0.2, 0.25) is 23.6 Å². The Morgan fingerprint density at radius 1 is 0.745 bits per heavy atom. The molecule has 1 aromatic carbocycles. The Kier molecular flexibility index (Phi) is 17.3. The number of nitrogens with zero attached hydrogens (tertiary/aromatic N) is 1. The van der Waals surface area contributed by atoms with Gasteiger partial charge in [-0.25, -0.2) is 4.79 Å². The molecule has 0 saturated carbocycles. The number of amides is 4. The first kappa shape index (κ1) is 40.6. The van der Waals surface area contributed by atoms with Gasteiger partial charge in [-0.05, 0) is 67.6 Å². The highest BCUT2D eigenvalue weighted by molar-refractivity contribution is 5.95.